The third-order valence-corrected chi connectivity index (χ3v) is 16.4. The van der Waals surface area contributed by atoms with Crippen molar-refractivity contribution < 1.29 is 42.9 Å². The fraction of sp³-hybridized carbons (Fsp3) is 0.808. The maximum absolute atomic E-state index is 13.0. The molecule has 0 aliphatic rings. The standard InChI is InChI=1S/C78H141NO8/c1-6-8-10-12-14-16-18-20-22-24-26-28-30-32-34-35-36-37-38-39-40-41-43-45-47-49-51-53-55-57-59-61-63-65-67-69-76(81)87-74(73-86-78(77(82)83)84-71-70-79(3,4)5)72-85-75(80)68-66-64-62-60-58-56-54-52-50-48-46-44-42-33-31-29-27-25-23-21-19-17-15-13-11-9-7-2/h8,10,14,16,19-22,25-28,74,78H,6-7,9,11-13,15,17-18,23-24,29-73H2,1-5H3/b10-8-,16-14-,21-19-,22-20-,27-25-,28-26-. The molecule has 2 unspecified atom stereocenters. The lowest BCUT2D eigenvalue weighted by molar-refractivity contribution is -0.870. The quantitative estimate of drug-likeness (QED) is 0.0195. The number of nitrogens with zero attached hydrogens (tertiary/aromatic N) is 1. The van der Waals surface area contributed by atoms with Gasteiger partial charge in [0.1, 0.15) is 13.2 Å². The van der Waals surface area contributed by atoms with E-state index >= 15 is 0 Å². The number of allylic oxidation sites excluding steroid dienone is 12. The van der Waals surface area contributed by atoms with E-state index < -0.39 is 24.3 Å². The highest BCUT2D eigenvalue weighted by Crippen LogP contribution is 2.19. The number of ether oxygens (including phenoxy) is 4. The number of rotatable bonds is 69. The Labute approximate surface area is 538 Å². The van der Waals surface area contributed by atoms with Gasteiger partial charge in [0.05, 0.1) is 40.3 Å². The van der Waals surface area contributed by atoms with Gasteiger partial charge in [-0.1, -0.05) is 324 Å². The second kappa shape index (κ2) is 68.6. The van der Waals surface area contributed by atoms with Gasteiger partial charge in [-0.2, -0.15) is 0 Å². The summed E-state index contributed by atoms with van der Waals surface area (Å²) in [5.74, 6) is -2.26. The SMILES string of the molecule is CC/C=C\C/C=C\C/C=C\C/C=C\CCCCCCCCCCCCCCCCCCCCCCCCC(=O)OC(COC(=O)CCCCCCCCCCCCCCCCC/C=C\C/C=C\CCCCCCC)COC(OCC[N+](C)(C)C)C(=O)[O-]. The van der Waals surface area contributed by atoms with Gasteiger partial charge in [-0.05, 0) is 83.5 Å². The lowest BCUT2D eigenvalue weighted by atomic mass is 10.0. The summed E-state index contributed by atoms with van der Waals surface area (Å²) in [5.41, 5.74) is 0. The van der Waals surface area contributed by atoms with Gasteiger partial charge < -0.3 is 33.3 Å². The van der Waals surface area contributed by atoms with E-state index in [0.29, 0.717) is 23.9 Å². The molecule has 0 aromatic heterocycles. The minimum Gasteiger partial charge on any atom is -0.545 e. The molecule has 0 saturated heterocycles. The molecule has 9 heteroatoms. The van der Waals surface area contributed by atoms with Crippen molar-refractivity contribution in [1.82, 2.24) is 0 Å². The van der Waals surface area contributed by atoms with Crippen molar-refractivity contribution in [3.63, 3.8) is 0 Å². The fourth-order valence-electron chi connectivity index (χ4n) is 10.8. The number of carboxylic acid groups (broad SMARTS) is 1. The van der Waals surface area contributed by atoms with Crippen LogP contribution < -0.4 is 5.11 Å². The first-order chi connectivity index (χ1) is 42.6. The predicted octanol–water partition coefficient (Wildman–Crippen LogP) is 21.9. The van der Waals surface area contributed by atoms with Crippen LogP contribution in [0.2, 0.25) is 0 Å². The molecule has 0 fully saturated rings. The first-order valence-corrected chi connectivity index (χ1v) is 37.1. The number of quaternary nitrogens is 1. The smallest absolute Gasteiger partial charge is 0.306 e. The number of unbranched alkanes of at least 4 members (excludes halogenated alkanes) is 42. The van der Waals surface area contributed by atoms with Gasteiger partial charge in [-0.25, -0.2) is 0 Å². The van der Waals surface area contributed by atoms with E-state index in [4.69, 9.17) is 18.9 Å². The number of carboxylic acids is 1. The number of aliphatic carboxylic acids is 1. The minimum atomic E-state index is -1.62. The molecule has 0 heterocycles. The van der Waals surface area contributed by atoms with E-state index in [1.807, 2.05) is 21.1 Å². The van der Waals surface area contributed by atoms with Gasteiger partial charge in [0.15, 0.2) is 12.4 Å². The minimum absolute atomic E-state index is 0.149. The van der Waals surface area contributed by atoms with Crippen LogP contribution >= 0.6 is 0 Å². The Morgan fingerprint density at radius 3 is 0.977 bits per heavy atom. The van der Waals surface area contributed by atoms with Crippen LogP contribution in [0, 0.1) is 0 Å². The molecular weight excluding hydrogens is 1080 g/mol. The molecule has 0 aromatic rings. The maximum Gasteiger partial charge on any atom is 0.306 e. The molecule has 87 heavy (non-hydrogen) atoms. The summed E-state index contributed by atoms with van der Waals surface area (Å²) in [5, 5.41) is 11.8. The van der Waals surface area contributed by atoms with Crippen molar-refractivity contribution in [2.24, 2.45) is 0 Å². The van der Waals surface area contributed by atoms with E-state index in [9.17, 15) is 19.5 Å². The molecule has 0 aromatic carbocycles. The molecule has 506 valence electrons. The molecule has 0 spiro atoms. The summed E-state index contributed by atoms with van der Waals surface area (Å²) in [6, 6.07) is 0. The van der Waals surface area contributed by atoms with Crippen LogP contribution in [-0.4, -0.2) is 82.3 Å². The molecule has 9 nitrogen and oxygen atoms in total. The maximum atomic E-state index is 13.0. The van der Waals surface area contributed by atoms with Crippen molar-refractivity contribution in [2.75, 3.05) is 47.5 Å². The Balaban J connectivity index is 4.03. The number of carbonyl (C=O) groups excluding carboxylic acids is 3. The summed E-state index contributed by atoms with van der Waals surface area (Å²) in [6.45, 7) is 4.68. The van der Waals surface area contributed by atoms with Crippen LogP contribution in [0.4, 0.5) is 0 Å². The van der Waals surface area contributed by atoms with Crippen LogP contribution in [0.25, 0.3) is 0 Å². The summed E-state index contributed by atoms with van der Waals surface area (Å²) in [7, 11) is 5.94. The number of likely N-dealkylation sites (N-methyl/N-ethyl adjacent to an activating group) is 1. The second-order valence-corrected chi connectivity index (χ2v) is 26.2. The van der Waals surface area contributed by atoms with E-state index in [0.717, 1.165) is 64.2 Å². The number of carbonyl (C=O) groups is 3. The fourth-order valence-corrected chi connectivity index (χ4v) is 10.8. The van der Waals surface area contributed by atoms with E-state index in [-0.39, 0.29) is 32.2 Å². The highest BCUT2D eigenvalue weighted by molar-refractivity contribution is 5.70. The highest BCUT2D eigenvalue weighted by atomic mass is 16.7. The Kier molecular flexibility index (Phi) is 66.1. The molecule has 0 amide bonds. The highest BCUT2D eigenvalue weighted by Gasteiger charge is 2.22. The largest absolute Gasteiger partial charge is 0.545 e. The first kappa shape index (κ1) is 83.7. The Morgan fingerprint density at radius 2 is 0.655 bits per heavy atom. The van der Waals surface area contributed by atoms with Gasteiger partial charge in [-0.3, -0.25) is 9.59 Å². The summed E-state index contributed by atoms with van der Waals surface area (Å²) >= 11 is 0. The molecule has 0 N–H and O–H groups in total. The zero-order chi connectivity index (χ0) is 63.3. The number of hydrogen-bond acceptors (Lipinski definition) is 8. The molecule has 2 atom stereocenters. The number of esters is 2. The van der Waals surface area contributed by atoms with Crippen molar-refractivity contribution in [2.45, 2.75) is 360 Å². The van der Waals surface area contributed by atoms with Crippen LogP contribution in [0.5, 0.6) is 0 Å². The van der Waals surface area contributed by atoms with Crippen LogP contribution in [0.1, 0.15) is 348 Å². The normalized spacial score (nSPS) is 13.1. The van der Waals surface area contributed by atoms with Crippen LogP contribution in [0.3, 0.4) is 0 Å². The average Bonchev–Trinajstić information content (AvgIpc) is 3.56. The molecular formula is C78H141NO8. The average molecular weight is 1220 g/mol. The third-order valence-electron chi connectivity index (χ3n) is 16.4. The van der Waals surface area contributed by atoms with Gasteiger partial charge >= 0.3 is 11.9 Å². The van der Waals surface area contributed by atoms with Gasteiger partial charge in [-0.15, -0.1) is 0 Å². The molecule has 0 saturated carbocycles. The van der Waals surface area contributed by atoms with Gasteiger partial charge in [0.25, 0.3) is 0 Å². The van der Waals surface area contributed by atoms with Crippen LogP contribution in [0.15, 0.2) is 72.9 Å². The molecule has 0 aliphatic heterocycles. The van der Waals surface area contributed by atoms with Crippen molar-refractivity contribution >= 4 is 17.9 Å². The van der Waals surface area contributed by atoms with E-state index in [1.165, 1.54) is 250 Å². The van der Waals surface area contributed by atoms with Crippen molar-refractivity contribution in [3.05, 3.63) is 72.9 Å². The van der Waals surface area contributed by atoms with Crippen molar-refractivity contribution in [3.8, 4) is 0 Å². The lowest BCUT2D eigenvalue weighted by Gasteiger charge is -2.26. The summed E-state index contributed by atoms with van der Waals surface area (Å²) in [4.78, 5) is 37.5. The first-order valence-electron chi connectivity index (χ1n) is 37.1. The van der Waals surface area contributed by atoms with Gasteiger partial charge in [0.2, 0.25) is 0 Å². The zero-order valence-corrected chi connectivity index (χ0v) is 57.9. The molecule has 0 radical (unpaired) electrons. The molecule has 0 rings (SSSR count). The van der Waals surface area contributed by atoms with Gasteiger partial charge in [0, 0.05) is 12.8 Å². The number of hydrogen-bond donors (Lipinski definition) is 0. The predicted molar refractivity (Wildman–Crippen MR) is 371 cm³/mol. The van der Waals surface area contributed by atoms with Crippen molar-refractivity contribution in [1.29, 1.82) is 0 Å². The zero-order valence-electron chi connectivity index (χ0n) is 57.9. The molecule has 0 bridgehead atoms. The topological polar surface area (TPSA) is 111 Å². The Bertz CT molecular complexity index is 1660. The molecule has 0 aliphatic carbocycles. The van der Waals surface area contributed by atoms with E-state index in [2.05, 4.69) is 86.8 Å². The third kappa shape index (κ3) is 70.1. The Hall–Kier alpha value is -3.27. The van der Waals surface area contributed by atoms with Crippen LogP contribution in [-0.2, 0) is 33.3 Å². The lowest BCUT2D eigenvalue weighted by Crippen LogP contribution is -2.44. The second-order valence-electron chi connectivity index (χ2n) is 26.2. The monoisotopic (exact) mass is 1220 g/mol. The summed E-state index contributed by atoms with van der Waals surface area (Å²) < 4.78 is 22.8. The van der Waals surface area contributed by atoms with E-state index in [1.54, 1.807) is 0 Å². The Morgan fingerprint density at radius 1 is 0.356 bits per heavy atom. The summed E-state index contributed by atoms with van der Waals surface area (Å²) in [6.07, 6.45) is 88.6.